The number of hydrogen-bond acceptors (Lipinski definition) is 4. The molecule has 20 heavy (non-hydrogen) atoms. The molecule has 5 nitrogen and oxygen atoms in total. The fraction of sp³-hybridized carbons (Fsp3) is 0.533. The summed E-state index contributed by atoms with van der Waals surface area (Å²) in [5.74, 6) is 0.126. The zero-order valence-electron chi connectivity index (χ0n) is 11.6. The van der Waals surface area contributed by atoms with Crippen LogP contribution in [0.3, 0.4) is 0 Å². The Labute approximate surface area is 119 Å². The van der Waals surface area contributed by atoms with Crippen molar-refractivity contribution in [2.24, 2.45) is 5.73 Å². The summed E-state index contributed by atoms with van der Waals surface area (Å²) >= 11 is 0. The van der Waals surface area contributed by atoms with E-state index >= 15 is 0 Å². The standard InChI is InChI=1S/C15H21N3O2/c16-13-9-15(19)18(11-13)14-3-1-2-12(8-14)10-17-4-6-20-7-5-17/h1-3,8,13H,4-7,9-11,16H2. The van der Waals surface area contributed by atoms with Gasteiger partial charge in [0.15, 0.2) is 0 Å². The van der Waals surface area contributed by atoms with Gasteiger partial charge < -0.3 is 15.4 Å². The van der Waals surface area contributed by atoms with Gasteiger partial charge in [0.25, 0.3) is 0 Å². The topological polar surface area (TPSA) is 58.8 Å². The van der Waals surface area contributed by atoms with E-state index in [1.165, 1.54) is 5.56 Å². The van der Waals surface area contributed by atoms with Crippen LogP contribution in [0.1, 0.15) is 12.0 Å². The molecule has 0 saturated carbocycles. The number of anilines is 1. The molecule has 2 fully saturated rings. The molecule has 0 aliphatic carbocycles. The van der Waals surface area contributed by atoms with Gasteiger partial charge in [0.2, 0.25) is 5.91 Å². The number of nitrogens with zero attached hydrogens (tertiary/aromatic N) is 2. The number of ether oxygens (including phenoxy) is 1. The van der Waals surface area contributed by atoms with Crippen molar-refractivity contribution >= 4 is 11.6 Å². The van der Waals surface area contributed by atoms with Gasteiger partial charge in [-0.2, -0.15) is 0 Å². The average Bonchev–Trinajstić information content (AvgIpc) is 2.79. The van der Waals surface area contributed by atoms with Crippen molar-refractivity contribution < 1.29 is 9.53 Å². The largest absolute Gasteiger partial charge is 0.379 e. The van der Waals surface area contributed by atoms with E-state index in [0.29, 0.717) is 13.0 Å². The van der Waals surface area contributed by atoms with Gasteiger partial charge in [-0.25, -0.2) is 0 Å². The minimum Gasteiger partial charge on any atom is -0.379 e. The van der Waals surface area contributed by atoms with Gasteiger partial charge in [0.05, 0.1) is 13.2 Å². The summed E-state index contributed by atoms with van der Waals surface area (Å²) in [4.78, 5) is 16.1. The fourth-order valence-corrected chi connectivity index (χ4v) is 2.82. The number of hydrogen-bond donors (Lipinski definition) is 1. The summed E-state index contributed by atoms with van der Waals surface area (Å²) in [5, 5.41) is 0. The van der Waals surface area contributed by atoms with Gasteiger partial charge in [-0.05, 0) is 17.7 Å². The predicted molar refractivity (Wildman–Crippen MR) is 77.5 cm³/mol. The predicted octanol–water partition coefficient (Wildman–Crippen LogP) is 0.583. The molecule has 0 spiro atoms. The molecule has 3 rings (SSSR count). The first-order chi connectivity index (χ1) is 9.72. The highest BCUT2D eigenvalue weighted by molar-refractivity contribution is 5.96. The second-order valence-electron chi connectivity index (χ2n) is 5.53. The molecular weight excluding hydrogens is 254 g/mol. The summed E-state index contributed by atoms with van der Waals surface area (Å²) < 4.78 is 5.36. The van der Waals surface area contributed by atoms with Crippen LogP contribution >= 0.6 is 0 Å². The summed E-state index contributed by atoms with van der Waals surface area (Å²) in [6, 6.07) is 8.18. The first-order valence-electron chi connectivity index (χ1n) is 7.17. The molecule has 1 aromatic rings. The van der Waals surface area contributed by atoms with E-state index in [4.69, 9.17) is 10.5 Å². The molecule has 2 saturated heterocycles. The third-order valence-corrected chi connectivity index (χ3v) is 3.89. The molecule has 5 heteroatoms. The van der Waals surface area contributed by atoms with Gasteiger partial charge in [-0.3, -0.25) is 9.69 Å². The Morgan fingerprint density at radius 2 is 2.10 bits per heavy atom. The molecule has 2 aliphatic rings. The molecule has 2 aliphatic heterocycles. The number of amides is 1. The van der Waals surface area contributed by atoms with Crippen LogP contribution in [-0.4, -0.2) is 49.7 Å². The van der Waals surface area contributed by atoms with Crippen LogP contribution in [0.25, 0.3) is 0 Å². The van der Waals surface area contributed by atoms with Crippen molar-refractivity contribution in [1.82, 2.24) is 4.90 Å². The lowest BCUT2D eigenvalue weighted by Crippen LogP contribution is -2.35. The number of carbonyl (C=O) groups excluding carboxylic acids is 1. The molecule has 1 aromatic carbocycles. The maximum absolute atomic E-state index is 11.9. The second kappa shape index (κ2) is 5.91. The smallest absolute Gasteiger partial charge is 0.228 e. The van der Waals surface area contributed by atoms with Crippen molar-refractivity contribution in [2.45, 2.75) is 19.0 Å². The molecule has 2 N–H and O–H groups in total. The van der Waals surface area contributed by atoms with Gasteiger partial charge in [0.1, 0.15) is 0 Å². The Hall–Kier alpha value is -1.43. The molecule has 2 heterocycles. The monoisotopic (exact) mass is 275 g/mol. The molecule has 1 atom stereocenters. The maximum atomic E-state index is 11.9. The number of carbonyl (C=O) groups is 1. The minimum atomic E-state index is -0.0367. The maximum Gasteiger partial charge on any atom is 0.228 e. The molecule has 108 valence electrons. The summed E-state index contributed by atoms with van der Waals surface area (Å²) in [6.45, 7) is 5.08. The highest BCUT2D eigenvalue weighted by Crippen LogP contribution is 2.22. The van der Waals surface area contributed by atoms with Crippen molar-refractivity contribution in [3.8, 4) is 0 Å². The Morgan fingerprint density at radius 1 is 1.30 bits per heavy atom. The number of rotatable bonds is 3. The molecule has 1 amide bonds. The lowest BCUT2D eigenvalue weighted by molar-refractivity contribution is -0.117. The van der Waals surface area contributed by atoms with Crippen LogP contribution in [0.15, 0.2) is 24.3 Å². The second-order valence-corrected chi connectivity index (χ2v) is 5.53. The molecule has 0 aromatic heterocycles. The van der Waals surface area contributed by atoms with Gasteiger partial charge >= 0.3 is 0 Å². The van der Waals surface area contributed by atoms with E-state index < -0.39 is 0 Å². The molecular formula is C15H21N3O2. The minimum absolute atomic E-state index is 0.0367. The lowest BCUT2D eigenvalue weighted by atomic mass is 10.1. The SMILES string of the molecule is NC1CC(=O)N(c2cccc(CN3CCOCC3)c2)C1. The highest BCUT2D eigenvalue weighted by Gasteiger charge is 2.28. The third kappa shape index (κ3) is 3.00. The number of nitrogens with two attached hydrogens (primary N) is 1. The fourth-order valence-electron chi connectivity index (χ4n) is 2.82. The third-order valence-electron chi connectivity index (χ3n) is 3.89. The number of benzene rings is 1. The Kier molecular flexibility index (Phi) is 4.00. The number of morpholine rings is 1. The van der Waals surface area contributed by atoms with Crippen molar-refractivity contribution in [1.29, 1.82) is 0 Å². The Balaban J connectivity index is 1.70. The summed E-state index contributed by atoms with van der Waals surface area (Å²) in [6.07, 6.45) is 0.452. The van der Waals surface area contributed by atoms with E-state index in [1.807, 2.05) is 12.1 Å². The molecule has 0 bridgehead atoms. The van der Waals surface area contributed by atoms with E-state index in [-0.39, 0.29) is 11.9 Å². The highest BCUT2D eigenvalue weighted by atomic mass is 16.5. The first-order valence-corrected chi connectivity index (χ1v) is 7.17. The lowest BCUT2D eigenvalue weighted by Gasteiger charge is -2.27. The summed E-state index contributed by atoms with van der Waals surface area (Å²) in [7, 11) is 0. The van der Waals surface area contributed by atoms with Crippen LogP contribution in [0.5, 0.6) is 0 Å². The zero-order valence-corrected chi connectivity index (χ0v) is 11.6. The van der Waals surface area contributed by atoms with Gasteiger partial charge in [0, 0.05) is 44.3 Å². The summed E-state index contributed by atoms with van der Waals surface area (Å²) in [5.41, 5.74) is 8.06. The first kappa shape index (κ1) is 13.5. The van der Waals surface area contributed by atoms with Crippen molar-refractivity contribution in [2.75, 3.05) is 37.7 Å². The van der Waals surface area contributed by atoms with Gasteiger partial charge in [-0.1, -0.05) is 12.1 Å². The van der Waals surface area contributed by atoms with Crippen molar-refractivity contribution in [3.05, 3.63) is 29.8 Å². The Morgan fingerprint density at radius 3 is 2.80 bits per heavy atom. The van der Waals surface area contributed by atoms with Crippen LogP contribution < -0.4 is 10.6 Å². The van der Waals surface area contributed by atoms with Crippen LogP contribution in [0, 0.1) is 0 Å². The van der Waals surface area contributed by atoms with E-state index in [2.05, 4.69) is 17.0 Å². The van der Waals surface area contributed by atoms with Crippen LogP contribution in [0.4, 0.5) is 5.69 Å². The van der Waals surface area contributed by atoms with Crippen LogP contribution in [0.2, 0.25) is 0 Å². The Bertz CT molecular complexity index is 486. The van der Waals surface area contributed by atoms with Gasteiger partial charge in [-0.15, -0.1) is 0 Å². The van der Waals surface area contributed by atoms with Crippen molar-refractivity contribution in [3.63, 3.8) is 0 Å². The quantitative estimate of drug-likeness (QED) is 0.877. The zero-order chi connectivity index (χ0) is 13.9. The van der Waals surface area contributed by atoms with Crippen LogP contribution in [-0.2, 0) is 16.1 Å². The average molecular weight is 275 g/mol. The molecule has 1 unspecified atom stereocenters. The van der Waals surface area contributed by atoms with E-state index in [9.17, 15) is 4.79 Å². The normalized spacial score (nSPS) is 24.4. The van der Waals surface area contributed by atoms with E-state index in [0.717, 1.165) is 38.5 Å². The molecule has 0 radical (unpaired) electrons. The van der Waals surface area contributed by atoms with E-state index in [1.54, 1.807) is 4.90 Å².